The van der Waals surface area contributed by atoms with Gasteiger partial charge in [-0.15, -0.1) is 0 Å². The van der Waals surface area contributed by atoms with E-state index in [0.29, 0.717) is 12.3 Å². The minimum absolute atomic E-state index is 0.135. The Hall–Kier alpha value is -2.10. The molecular formula is C19H23N3O. The molecule has 0 spiro atoms. The predicted octanol–water partition coefficient (Wildman–Crippen LogP) is 3.58. The highest BCUT2D eigenvalue weighted by molar-refractivity contribution is 5.78. The minimum atomic E-state index is 0.135. The molecule has 4 rings (SSSR count). The Balaban J connectivity index is 1.50. The van der Waals surface area contributed by atoms with Gasteiger partial charge in [0.2, 0.25) is 5.91 Å². The largest absolute Gasteiger partial charge is 0.347 e. The number of imidazole rings is 1. The van der Waals surface area contributed by atoms with E-state index < -0.39 is 0 Å². The Morgan fingerprint density at radius 1 is 1.26 bits per heavy atom. The number of nitrogens with zero attached hydrogens (tertiary/aromatic N) is 2. The predicted molar refractivity (Wildman–Crippen MR) is 89.0 cm³/mol. The van der Waals surface area contributed by atoms with Gasteiger partial charge in [-0.3, -0.25) is 4.79 Å². The second kappa shape index (κ2) is 6.19. The van der Waals surface area contributed by atoms with Crippen molar-refractivity contribution in [2.75, 3.05) is 6.54 Å². The molecule has 120 valence electrons. The van der Waals surface area contributed by atoms with Crippen LogP contribution >= 0.6 is 0 Å². The van der Waals surface area contributed by atoms with Crippen molar-refractivity contribution in [3.8, 4) is 0 Å². The van der Waals surface area contributed by atoms with Gasteiger partial charge in [-0.1, -0.05) is 24.3 Å². The first-order valence-electron chi connectivity index (χ1n) is 8.69. The fraction of sp³-hybridized carbons (Fsp3) is 0.474. The Kier molecular flexibility index (Phi) is 3.90. The van der Waals surface area contributed by atoms with Crippen molar-refractivity contribution in [3.05, 3.63) is 53.6 Å². The molecule has 0 saturated carbocycles. The molecule has 1 fully saturated rings. The first-order chi connectivity index (χ1) is 11.3. The monoisotopic (exact) mass is 309 g/mol. The zero-order chi connectivity index (χ0) is 15.6. The van der Waals surface area contributed by atoms with Gasteiger partial charge in [0, 0.05) is 25.4 Å². The quantitative estimate of drug-likeness (QED) is 0.942. The number of fused-ring (bicyclic) bond motifs is 1. The Bertz CT molecular complexity index is 680. The second-order valence-electron chi connectivity index (χ2n) is 6.71. The van der Waals surface area contributed by atoms with Gasteiger partial charge in [0.25, 0.3) is 0 Å². The fourth-order valence-electron chi connectivity index (χ4n) is 4.20. The summed E-state index contributed by atoms with van der Waals surface area (Å²) in [6, 6.07) is 8.77. The molecule has 0 unspecified atom stereocenters. The number of rotatable bonds is 3. The van der Waals surface area contributed by atoms with Crippen LogP contribution in [0.3, 0.4) is 0 Å². The normalized spacial score (nSPS) is 23.7. The highest BCUT2D eigenvalue weighted by Crippen LogP contribution is 2.36. The lowest BCUT2D eigenvalue weighted by atomic mass is 9.81. The third kappa shape index (κ3) is 2.78. The number of aryl methyl sites for hydroxylation is 1. The van der Waals surface area contributed by atoms with E-state index in [-0.39, 0.29) is 11.9 Å². The number of benzene rings is 1. The van der Waals surface area contributed by atoms with Crippen molar-refractivity contribution in [1.29, 1.82) is 0 Å². The van der Waals surface area contributed by atoms with Crippen LogP contribution in [0.25, 0.3) is 0 Å². The van der Waals surface area contributed by atoms with Crippen LogP contribution in [0.5, 0.6) is 0 Å². The summed E-state index contributed by atoms with van der Waals surface area (Å²) in [6.07, 6.45) is 9.80. The maximum absolute atomic E-state index is 12.9. The van der Waals surface area contributed by atoms with Crippen LogP contribution in [0.15, 0.2) is 36.7 Å². The average Bonchev–Trinajstić information content (AvgIpc) is 3.26. The molecule has 4 heteroatoms. The van der Waals surface area contributed by atoms with Crippen LogP contribution in [0.2, 0.25) is 0 Å². The SMILES string of the molecule is O=C(C[C@H]1CCCc2ccccc21)N1CCC[C@H]1c1ncc[nH]1. The summed E-state index contributed by atoms with van der Waals surface area (Å²) in [5.41, 5.74) is 2.82. The number of carbonyl (C=O) groups is 1. The summed E-state index contributed by atoms with van der Waals surface area (Å²) < 4.78 is 0. The molecule has 1 N–H and O–H groups in total. The molecule has 0 bridgehead atoms. The van der Waals surface area contributed by atoms with E-state index in [4.69, 9.17) is 0 Å². The van der Waals surface area contributed by atoms with Crippen LogP contribution in [-0.4, -0.2) is 27.3 Å². The summed E-state index contributed by atoms with van der Waals surface area (Å²) in [5, 5.41) is 0. The number of nitrogens with one attached hydrogen (secondary N) is 1. The molecule has 0 radical (unpaired) electrons. The maximum Gasteiger partial charge on any atom is 0.223 e. The van der Waals surface area contributed by atoms with Crippen LogP contribution in [-0.2, 0) is 11.2 Å². The lowest BCUT2D eigenvalue weighted by molar-refractivity contribution is -0.132. The van der Waals surface area contributed by atoms with E-state index in [0.717, 1.165) is 38.1 Å². The van der Waals surface area contributed by atoms with E-state index in [1.54, 1.807) is 6.20 Å². The topological polar surface area (TPSA) is 49.0 Å². The number of aromatic amines is 1. The number of carbonyl (C=O) groups excluding carboxylic acids is 1. The van der Waals surface area contributed by atoms with Crippen molar-refractivity contribution >= 4 is 5.91 Å². The molecule has 1 aromatic heterocycles. The highest BCUT2D eigenvalue weighted by Gasteiger charge is 2.33. The summed E-state index contributed by atoms with van der Waals surface area (Å²) in [5.74, 6) is 1.59. The number of hydrogen-bond donors (Lipinski definition) is 1. The first-order valence-corrected chi connectivity index (χ1v) is 8.69. The van der Waals surface area contributed by atoms with Gasteiger partial charge >= 0.3 is 0 Å². The van der Waals surface area contributed by atoms with Crippen LogP contribution < -0.4 is 0 Å². The zero-order valence-electron chi connectivity index (χ0n) is 13.4. The smallest absolute Gasteiger partial charge is 0.223 e. The van der Waals surface area contributed by atoms with Gasteiger partial charge in [0.05, 0.1) is 6.04 Å². The minimum Gasteiger partial charge on any atom is -0.347 e. The molecule has 2 aromatic rings. The van der Waals surface area contributed by atoms with Crippen molar-refractivity contribution in [3.63, 3.8) is 0 Å². The molecule has 1 aliphatic carbocycles. The lowest BCUT2D eigenvalue weighted by Crippen LogP contribution is -2.32. The van der Waals surface area contributed by atoms with Gasteiger partial charge in [-0.05, 0) is 49.1 Å². The van der Waals surface area contributed by atoms with E-state index in [2.05, 4.69) is 34.2 Å². The van der Waals surface area contributed by atoms with E-state index >= 15 is 0 Å². The first kappa shape index (κ1) is 14.5. The molecule has 1 aliphatic heterocycles. The number of hydrogen-bond acceptors (Lipinski definition) is 2. The number of amides is 1. The molecule has 1 saturated heterocycles. The van der Waals surface area contributed by atoms with E-state index in [1.165, 1.54) is 17.5 Å². The Labute approximate surface area is 136 Å². The Morgan fingerprint density at radius 2 is 2.17 bits per heavy atom. The van der Waals surface area contributed by atoms with E-state index in [9.17, 15) is 4.79 Å². The summed E-state index contributed by atoms with van der Waals surface area (Å²) in [6.45, 7) is 0.860. The van der Waals surface area contributed by atoms with Gasteiger partial charge < -0.3 is 9.88 Å². The molecule has 23 heavy (non-hydrogen) atoms. The van der Waals surface area contributed by atoms with Gasteiger partial charge in [-0.2, -0.15) is 0 Å². The molecule has 1 amide bonds. The summed E-state index contributed by atoms with van der Waals surface area (Å²) in [4.78, 5) is 22.5. The van der Waals surface area contributed by atoms with Crippen molar-refractivity contribution in [2.45, 2.75) is 50.5 Å². The van der Waals surface area contributed by atoms with Gasteiger partial charge in [-0.25, -0.2) is 4.98 Å². The number of aromatic nitrogens is 2. The lowest BCUT2D eigenvalue weighted by Gasteiger charge is -2.29. The van der Waals surface area contributed by atoms with Crippen molar-refractivity contribution < 1.29 is 4.79 Å². The van der Waals surface area contributed by atoms with Crippen molar-refractivity contribution in [2.24, 2.45) is 0 Å². The molecule has 2 aliphatic rings. The van der Waals surface area contributed by atoms with Gasteiger partial charge in [0.15, 0.2) is 0 Å². The van der Waals surface area contributed by atoms with Crippen molar-refractivity contribution in [1.82, 2.24) is 14.9 Å². The molecule has 2 atom stereocenters. The molecular weight excluding hydrogens is 286 g/mol. The standard InChI is InChI=1S/C19H23N3O/c23-18(22-12-4-9-17(22)19-20-10-11-21-19)13-15-7-3-6-14-5-1-2-8-16(14)15/h1-2,5,8,10-11,15,17H,3-4,6-7,9,12-13H2,(H,20,21)/t15-,17+/m1/s1. The molecule has 1 aromatic carbocycles. The van der Waals surface area contributed by atoms with Crippen LogP contribution in [0.4, 0.5) is 0 Å². The third-order valence-corrected chi connectivity index (χ3v) is 5.32. The summed E-state index contributed by atoms with van der Waals surface area (Å²) >= 11 is 0. The maximum atomic E-state index is 12.9. The molecule has 4 nitrogen and oxygen atoms in total. The second-order valence-corrected chi connectivity index (χ2v) is 6.71. The third-order valence-electron chi connectivity index (χ3n) is 5.32. The van der Waals surface area contributed by atoms with Crippen LogP contribution in [0.1, 0.15) is 61.0 Å². The molecule has 2 heterocycles. The fourth-order valence-corrected chi connectivity index (χ4v) is 4.20. The average molecular weight is 309 g/mol. The van der Waals surface area contributed by atoms with Crippen LogP contribution in [0, 0.1) is 0 Å². The number of likely N-dealkylation sites (tertiary alicyclic amines) is 1. The highest BCUT2D eigenvalue weighted by atomic mass is 16.2. The number of H-pyrrole nitrogens is 1. The van der Waals surface area contributed by atoms with E-state index in [1.807, 2.05) is 11.1 Å². The zero-order valence-corrected chi connectivity index (χ0v) is 13.4. The van der Waals surface area contributed by atoms with Gasteiger partial charge in [0.1, 0.15) is 5.82 Å². The Morgan fingerprint density at radius 3 is 3.04 bits per heavy atom. The summed E-state index contributed by atoms with van der Waals surface area (Å²) in [7, 11) is 0.